The van der Waals surface area contributed by atoms with E-state index in [-0.39, 0.29) is 12.3 Å². The molecule has 0 saturated carbocycles. The summed E-state index contributed by atoms with van der Waals surface area (Å²) in [5, 5.41) is 22.1. The average molecular weight is 607 g/mol. The van der Waals surface area contributed by atoms with Gasteiger partial charge in [-0.15, -0.1) is 20.4 Å². The van der Waals surface area contributed by atoms with E-state index in [4.69, 9.17) is 38.7 Å². The fraction of sp³-hybridized carbons (Fsp3) is 0.667. The van der Waals surface area contributed by atoms with E-state index in [2.05, 4.69) is 35.7 Å². The molecule has 2 aromatic rings. The fourth-order valence-corrected chi connectivity index (χ4v) is 3.19. The van der Waals surface area contributed by atoms with Crippen LogP contribution in [0.3, 0.4) is 0 Å². The molecule has 0 aliphatic carbocycles. The number of hydrogen-bond acceptors (Lipinski definition) is 13. The maximum absolute atomic E-state index is 12.0. The summed E-state index contributed by atoms with van der Waals surface area (Å²) in [6, 6.07) is 7.54. The lowest BCUT2D eigenvalue weighted by Crippen LogP contribution is -2.24. The van der Waals surface area contributed by atoms with E-state index < -0.39 is 0 Å². The SMILES string of the molecule is Cc1nnc(-c2ccc(CNC(=O)CCOCCOCCOCCOCCOCCOCCOCCN=[N+]=[N-])cc2)nn1. The van der Waals surface area contributed by atoms with Gasteiger partial charge in [-0.1, -0.05) is 29.4 Å². The number of hydrogen-bond donors (Lipinski definition) is 1. The van der Waals surface area contributed by atoms with E-state index in [1.54, 1.807) is 6.92 Å². The first-order valence-electron chi connectivity index (χ1n) is 14.1. The third-order valence-corrected chi connectivity index (χ3v) is 5.39. The smallest absolute Gasteiger partial charge is 0.222 e. The Kier molecular flexibility index (Phi) is 21.0. The first-order chi connectivity index (χ1) is 21.2. The van der Waals surface area contributed by atoms with Gasteiger partial charge in [0.05, 0.1) is 92.5 Å². The van der Waals surface area contributed by atoms with Gasteiger partial charge < -0.3 is 38.5 Å². The Morgan fingerprint density at radius 1 is 0.698 bits per heavy atom. The van der Waals surface area contributed by atoms with Crippen molar-refractivity contribution >= 4 is 5.91 Å². The summed E-state index contributed by atoms with van der Waals surface area (Å²) in [7, 11) is 0. The molecule has 1 aromatic carbocycles. The van der Waals surface area contributed by atoms with Crippen LogP contribution in [0.15, 0.2) is 29.4 Å². The van der Waals surface area contributed by atoms with Gasteiger partial charge in [-0.25, -0.2) is 0 Å². The lowest BCUT2D eigenvalue weighted by molar-refractivity contribution is -0.122. The van der Waals surface area contributed by atoms with Crippen molar-refractivity contribution in [2.45, 2.75) is 19.9 Å². The molecule has 16 nitrogen and oxygen atoms in total. The quantitative estimate of drug-likeness (QED) is 0.0670. The number of carbonyl (C=O) groups excluding carboxylic acids is 1. The Bertz CT molecular complexity index is 1030. The average Bonchev–Trinajstić information content (AvgIpc) is 3.03. The van der Waals surface area contributed by atoms with E-state index >= 15 is 0 Å². The Morgan fingerprint density at radius 2 is 1.14 bits per heavy atom. The summed E-state index contributed by atoms with van der Waals surface area (Å²) in [5.74, 6) is 0.885. The zero-order valence-corrected chi connectivity index (χ0v) is 24.7. The number of aryl methyl sites for hydroxylation is 1. The highest BCUT2D eigenvalue weighted by atomic mass is 16.6. The normalized spacial score (nSPS) is 10.9. The van der Waals surface area contributed by atoms with Gasteiger partial charge in [0.1, 0.15) is 0 Å². The predicted molar refractivity (Wildman–Crippen MR) is 154 cm³/mol. The minimum Gasteiger partial charge on any atom is -0.379 e. The third kappa shape index (κ3) is 19.5. The number of rotatable bonds is 27. The van der Waals surface area contributed by atoms with Crippen LogP contribution in [-0.4, -0.2) is 125 Å². The Hall–Kier alpha value is -3.34. The highest BCUT2D eigenvalue weighted by molar-refractivity contribution is 5.76. The Balaban J connectivity index is 1.28. The molecule has 1 aromatic heterocycles. The lowest BCUT2D eigenvalue weighted by Gasteiger charge is -2.09. The highest BCUT2D eigenvalue weighted by Gasteiger charge is 2.05. The largest absolute Gasteiger partial charge is 0.379 e. The zero-order chi connectivity index (χ0) is 30.6. The molecule has 0 saturated heterocycles. The number of nitrogens with one attached hydrogen (secondary N) is 1. The summed E-state index contributed by atoms with van der Waals surface area (Å²) in [6.07, 6.45) is 0.270. The molecule has 1 heterocycles. The molecular formula is C27H42N8O8. The molecule has 1 N–H and O–H groups in total. The number of carbonyl (C=O) groups is 1. The van der Waals surface area contributed by atoms with Gasteiger partial charge in [-0.05, 0) is 18.0 Å². The van der Waals surface area contributed by atoms with E-state index in [0.717, 1.165) is 11.1 Å². The zero-order valence-electron chi connectivity index (χ0n) is 24.7. The second-order valence-corrected chi connectivity index (χ2v) is 8.74. The van der Waals surface area contributed by atoms with Crippen molar-refractivity contribution in [1.82, 2.24) is 25.7 Å². The van der Waals surface area contributed by atoms with Crippen LogP contribution in [0, 0.1) is 6.92 Å². The molecular weight excluding hydrogens is 564 g/mol. The molecule has 0 unspecified atom stereocenters. The van der Waals surface area contributed by atoms with Crippen LogP contribution in [0.4, 0.5) is 0 Å². The van der Waals surface area contributed by atoms with E-state index in [1.165, 1.54) is 0 Å². The fourth-order valence-electron chi connectivity index (χ4n) is 3.19. The summed E-state index contributed by atoms with van der Waals surface area (Å²) >= 11 is 0. The van der Waals surface area contributed by atoms with Crippen molar-refractivity contribution in [3.63, 3.8) is 0 Å². The van der Waals surface area contributed by atoms with Crippen molar-refractivity contribution < 1.29 is 38.0 Å². The molecule has 0 radical (unpaired) electrons. The number of nitrogens with zero attached hydrogens (tertiary/aromatic N) is 7. The third-order valence-electron chi connectivity index (χ3n) is 5.39. The molecule has 43 heavy (non-hydrogen) atoms. The summed E-state index contributed by atoms with van der Waals surface area (Å²) in [4.78, 5) is 14.7. The lowest BCUT2D eigenvalue weighted by atomic mass is 10.1. The number of ether oxygens (including phenoxy) is 7. The molecule has 0 atom stereocenters. The van der Waals surface area contributed by atoms with Crippen LogP contribution in [-0.2, 0) is 44.5 Å². The summed E-state index contributed by atoms with van der Waals surface area (Å²) in [5.41, 5.74) is 9.90. The second kappa shape index (κ2) is 25.2. The second-order valence-electron chi connectivity index (χ2n) is 8.74. The van der Waals surface area contributed by atoms with Gasteiger partial charge in [-0.3, -0.25) is 4.79 Å². The van der Waals surface area contributed by atoms with Gasteiger partial charge in [0, 0.05) is 30.0 Å². The maximum atomic E-state index is 12.0. The van der Waals surface area contributed by atoms with Crippen molar-refractivity contribution in [1.29, 1.82) is 0 Å². The molecule has 0 bridgehead atoms. The number of azide groups is 1. The number of amides is 1. The molecule has 1 amide bonds. The summed E-state index contributed by atoms with van der Waals surface area (Å²) in [6.45, 7) is 8.68. The van der Waals surface area contributed by atoms with Crippen LogP contribution in [0.2, 0.25) is 0 Å². The van der Waals surface area contributed by atoms with Gasteiger partial charge >= 0.3 is 0 Å². The Labute approximate surface area is 251 Å². The van der Waals surface area contributed by atoms with Crippen LogP contribution < -0.4 is 5.32 Å². The molecule has 0 fully saturated rings. The topological polar surface area (TPSA) is 194 Å². The van der Waals surface area contributed by atoms with Crippen LogP contribution in [0.25, 0.3) is 21.8 Å². The molecule has 238 valence electrons. The standard InChI is InChI=1S/C27H42N8O8/c1-23-31-33-27(34-32-23)25-4-2-24(3-5-25)22-29-26(36)6-8-37-10-12-39-14-16-41-18-20-43-21-19-42-17-15-40-13-11-38-9-7-30-35-28/h2-5H,6-22H2,1H3,(H,29,36). The van der Waals surface area contributed by atoms with E-state index in [1.807, 2.05) is 24.3 Å². The molecule has 0 spiro atoms. The molecule has 0 aliphatic rings. The van der Waals surface area contributed by atoms with E-state index in [9.17, 15) is 4.79 Å². The number of aromatic nitrogens is 4. The molecule has 2 rings (SSSR count). The first kappa shape index (κ1) is 35.9. The molecule has 16 heteroatoms. The predicted octanol–water partition coefficient (Wildman–Crippen LogP) is 1.67. The van der Waals surface area contributed by atoms with Crippen molar-refractivity contribution in [3.05, 3.63) is 46.1 Å². The van der Waals surface area contributed by atoms with E-state index in [0.29, 0.717) is 117 Å². The first-order valence-corrected chi connectivity index (χ1v) is 14.1. The number of benzene rings is 1. The van der Waals surface area contributed by atoms with Gasteiger partial charge in [0.2, 0.25) is 11.7 Å². The van der Waals surface area contributed by atoms with Crippen molar-refractivity contribution in [3.8, 4) is 11.4 Å². The van der Waals surface area contributed by atoms with Gasteiger partial charge in [0.15, 0.2) is 5.82 Å². The Morgan fingerprint density at radius 3 is 1.60 bits per heavy atom. The van der Waals surface area contributed by atoms with Crippen molar-refractivity contribution in [2.24, 2.45) is 5.11 Å². The van der Waals surface area contributed by atoms with Gasteiger partial charge in [0.25, 0.3) is 0 Å². The minimum atomic E-state index is -0.0881. The summed E-state index contributed by atoms with van der Waals surface area (Å²) < 4.78 is 37.8. The monoisotopic (exact) mass is 606 g/mol. The van der Waals surface area contributed by atoms with Gasteiger partial charge in [-0.2, -0.15) is 0 Å². The molecule has 0 aliphatic heterocycles. The van der Waals surface area contributed by atoms with Crippen LogP contribution in [0.5, 0.6) is 0 Å². The maximum Gasteiger partial charge on any atom is 0.222 e. The minimum absolute atomic E-state index is 0.0881. The highest BCUT2D eigenvalue weighted by Crippen LogP contribution is 2.14. The van der Waals surface area contributed by atoms with Crippen LogP contribution in [0.1, 0.15) is 17.8 Å². The van der Waals surface area contributed by atoms with Crippen molar-refractivity contribution in [2.75, 3.05) is 99.0 Å². The van der Waals surface area contributed by atoms with Crippen LogP contribution >= 0.6 is 0 Å².